The van der Waals surface area contributed by atoms with Gasteiger partial charge in [-0.25, -0.2) is 0 Å². The molecule has 0 unspecified atom stereocenters. The first-order valence-electron chi connectivity index (χ1n) is 25.7. The van der Waals surface area contributed by atoms with Crippen molar-refractivity contribution in [2.45, 2.75) is 117 Å². The van der Waals surface area contributed by atoms with Crippen LogP contribution >= 0.6 is 0 Å². The number of rotatable bonds is 6. The van der Waals surface area contributed by atoms with Gasteiger partial charge in [0, 0.05) is 33.7 Å². The molecule has 70 heavy (non-hydrogen) atoms. The lowest BCUT2D eigenvalue weighted by Crippen LogP contribution is -2.41. The molecule has 1 aliphatic heterocycles. The first-order valence-corrected chi connectivity index (χ1v) is 25.7. The highest BCUT2D eigenvalue weighted by molar-refractivity contribution is 6.74. The van der Waals surface area contributed by atoms with Crippen molar-refractivity contribution in [2.75, 3.05) is 10.2 Å². The first kappa shape index (κ1) is 44.4. The molecule has 0 saturated heterocycles. The van der Waals surface area contributed by atoms with Crippen molar-refractivity contribution in [3.8, 4) is 33.4 Å². The maximum Gasteiger partial charge on any atom is 0.198 e. The lowest BCUT2D eigenvalue weighted by Gasteiger charge is -2.44. The van der Waals surface area contributed by atoms with Gasteiger partial charge in [0.05, 0.1) is 11.1 Å². The predicted octanol–water partition coefficient (Wildman–Crippen LogP) is 16.8. The van der Waals surface area contributed by atoms with Crippen LogP contribution in [0.4, 0.5) is 28.4 Å². The summed E-state index contributed by atoms with van der Waals surface area (Å²) in [5.74, 6) is 0. The number of hydrogen-bond donors (Lipinski definition) is 1. The molecule has 2 heterocycles. The Kier molecular flexibility index (Phi) is 10.1. The van der Waals surface area contributed by atoms with E-state index in [9.17, 15) is 0 Å². The Morgan fingerprint density at radius 1 is 0.457 bits per heavy atom. The summed E-state index contributed by atoms with van der Waals surface area (Å²) in [6.07, 6.45) is 4.67. The number of fused-ring (bicyclic) bond motifs is 8. The number of nitrogens with one attached hydrogen (secondary N) is 1. The largest absolute Gasteiger partial charge is 0.456 e. The molecule has 0 spiro atoms. The van der Waals surface area contributed by atoms with E-state index >= 15 is 0 Å². The Morgan fingerprint density at radius 3 is 1.64 bits per heavy atom. The summed E-state index contributed by atoms with van der Waals surface area (Å²) in [5.41, 5.74) is 26.2. The molecule has 4 heteroatoms. The van der Waals surface area contributed by atoms with Crippen LogP contribution in [0.3, 0.4) is 0 Å². The van der Waals surface area contributed by atoms with Crippen molar-refractivity contribution >= 4 is 68.6 Å². The molecule has 8 aromatic carbocycles. The van der Waals surface area contributed by atoms with E-state index < -0.39 is 0 Å². The average molecular weight is 913 g/mol. The van der Waals surface area contributed by atoms with Crippen molar-refractivity contribution in [1.29, 1.82) is 0 Å². The number of nitrogens with zero attached hydrogens (tertiary/aromatic N) is 1. The first-order chi connectivity index (χ1) is 33.5. The molecule has 3 aliphatic rings. The summed E-state index contributed by atoms with van der Waals surface area (Å²) in [5, 5.41) is 6.41. The van der Waals surface area contributed by atoms with Gasteiger partial charge in [-0.3, -0.25) is 0 Å². The van der Waals surface area contributed by atoms with Crippen LogP contribution in [0.5, 0.6) is 0 Å². The SMILES string of the molecule is Cc1cc2c(cc1Nc1ccc(-c3ccccc3)cc1-c1cc3oc4ccccc4c3c3c1Bc1ccc(-c4ccccc4)cc1N3c1cc3c(cc1C)C(C)(C)CCC3(C)C)C(C)(C)CCC2(C)C. The van der Waals surface area contributed by atoms with E-state index in [1.165, 1.54) is 108 Å². The Bertz CT molecular complexity index is 3570. The van der Waals surface area contributed by atoms with Crippen LogP contribution in [-0.4, -0.2) is 7.28 Å². The molecular formula is C66H65BN2O. The lowest BCUT2D eigenvalue weighted by atomic mass is 9.57. The number of aryl methyl sites for hydroxylation is 2. The Hall–Kier alpha value is -6.78. The Labute approximate surface area is 416 Å². The van der Waals surface area contributed by atoms with Gasteiger partial charge in [0.15, 0.2) is 7.28 Å². The molecule has 0 amide bonds. The van der Waals surface area contributed by atoms with Crippen LogP contribution < -0.4 is 21.1 Å². The molecule has 0 bridgehead atoms. The molecule has 12 rings (SSSR count). The van der Waals surface area contributed by atoms with Gasteiger partial charge in [0.2, 0.25) is 0 Å². The fourth-order valence-electron chi connectivity index (χ4n) is 12.5. The van der Waals surface area contributed by atoms with E-state index in [4.69, 9.17) is 4.42 Å². The number of benzene rings is 8. The molecule has 0 saturated carbocycles. The average Bonchev–Trinajstić information content (AvgIpc) is 3.73. The third kappa shape index (κ3) is 7.15. The van der Waals surface area contributed by atoms with Crippen LogP contribution in [0.2, 0.25) is 0 Å². The maximum atomic E-state index is 7.08. The van der Waals surface area contributed by atoms with Crippen molar-refractivity contribution < 1.29 is 4.42 Å². The van der Waals surface area contributed by atoms with Crippen LogP contribution in [0.15, 0.2) is 156 Å². The summed E-state index contributed by atoms with van der Waals surface area (Å²) in [6, 6.07) is 57.0. The minimum atomic E-state index is 0.0262. The van der Waals surface area contributed by atoms with Gasteiger partial charge in [-0.2, -0.15) is 0 Å². The molecule has 0 atom stereocenters. The normalized spacial score (nSPS) is 17.0. The molecular weight excluding hydrogens is 848 g/mol. The molecule has 0 radical (unpaired) electrons. The number of anilines is 5. The van der Waals surface area contributed by atoms with Crippen LogP contribution in [0.1, 0.15) is 114 Å². The van der Waals surface area contributed by atoms with Gasteiger partial charge in [-0.1, -0.05) is 170 Å². The second kappa shape index (κ2) is 15.9. The van der Waals surface area contributed by atoms with Gasteiger partial charge in [0.1, 0.15) is 11.2 Å². The van der Waals surface area contributed by atoms with Gasteiger partial charge in [0.25, 0.3) is 0 Å². The molecule has 0 fully saturated rings. The van der Waals surface area contributed by atoms with Gasteiger partial charge in [-0.15, -0.1) is 0 Å². The summed E-state index contributed by atoms with van der Waals surface area (Å²) in [7, 11) is 0.764. The summed E-state index contributed by atoms with van der Waals surface area (Å²) < 4.78 is 7.08. The fraction of sp³-hybridized carbons (Fsp3) is 0.273. The van der Waals surface area contributed by atoms with E-state index in [0.717, 1.165) is 52.6 Å². The van der Waals surface area contributed by atoms with Crippen molar-refractivity contribution in [3.05, 3.63) is 185 Å². The third-order valence-corrected chi connectivity index (χ3v) is 17.1. The quantitative estimate of drug-likeness (QED) is 0.169. The molecule has 2 aliphatic carbocycles. The highest BCUT2D eigenvalue weighted by atomic mass is 16.3. The minimum absolute atomic E-state index is 0.0262. The van der Waals surface area contributed by atoms with Crippen molar-refractivity contribution in [3.63, 3.8) is 0 Å². The summed E-state index contributed by atoms with van der Waals surface area (Å²) >= 11 is 0. The second-order valence-corrected chi connectivity index (χ2v) is 23.6. The van der Waals surface area contributed by atoms with Crippen molar-refractivity contribution in [1.82, 2.24) is 0 Å². The highest BCUT2D eigenvalue weighted by Gasteiger charge is 2.41. The molecule has 3 nitrogen and oxygen atoms in total. The van der Waals surface area contributed by atoms with Crippen LogP contribution in [-0.2, 0) is 21.7 Å². The van der Waals surface area contributed by atoms with E-state index in [1.807, 2.05) is 0 Å². The summed E-state index contributed by atoms with van der Waals surface area (Å²) in [6.45, 7) is 24.1. The number of furan rings is 1. The van der Waals surface area contributed by atoms with Gasteiger partial charge in [-0.05, 0) is 170 Å². The van der Waals surface area contributed by atoms with E-state index in [2.05, 4.69) is 231 Å². The van der Waals surface area contributed by atoms with Gasteiger partial charge >= 0.3 is 0 Å². The van der Waals surface area contributed by atoms with Crippen molar-refractivity contribution in [2.24, 2.45) is 0 Å². The molecule has 1 N–H and O–H groups in total. The highest BCUT2D eigenvalue weighted by Crippen LogP contribution is 2.53. The maximum absolute atomic E-state index is 7.08. The molecule has 348 valence electrons. The Balaban J connectivity index is 1.16. The van der Waals surface area contributed by atoms with Crippen LogP contribution in [0.25, 0.3) is 55.3 Å². The summed E-state index contributed by atoms with van der Waals surface area (Å²) in [4.78, 5) is 2.65. The van der Waals surface area contributed by atoms with Crippen LogP contribution in [0, 0.1) is 13.8 Å². The fourth-order valence-corrected chi connectivity index (χ4v) is 12.5. The zero-order chi connectivity index (χ0) is 48.5. The second-order valence-electron chi connectivity index (χ2n) is 23.6. The zero-order valence-electron chi connectivity index (χ0n) is 42.8. The minimum Gasteiger partial charge on any atom is -0.456 e. The van der Waals surface area contributed by atoms with E-state index in [0.29, 0.717) is 0 Å². The topological polar surface area (TPSA) is 28.4 Å². The number of hydrogen-bond acceptors (Lipinski definition) is 3. The smallest absolute Gasteiger partial charge is 0.198 e. The number of para-hydroxylation sites is 1. The monoisotopic (exact) mass is 913 g/mol. The standard InChI is InChI=1S/C66H65BN2O/c1-40-33-49-51(65(7,8)31-29-63(49,3)4)38-55(40)68-54-28-26-44(42-19-13-11-14-20-42)35-47(54)48-37-59-60(46-23-17-18-24-58(46)70-59)62-61(48)67-53-27-25-45(43-21-15-12-16-22-43)36-57(53)69(62)56-39-52-50(34-41(56)2)64(5,6)30-32-66(52,9)10/h11-28,33-39,67-68H,29-32H2,1-10H3. The third-order valence-electron chi connectivity index (χ3n) is 17.1. The van der Waals surface area contributed by atoms with E-state index in [-0.39, 0.29) is 21.7 Å². The van der Waals surface area contributed by atoms with E-state index in [1.54, 1.807) is 0 Å². The Morgan fingerprint density at radius 2 is 1.00 bits per heavy atom. The lowest BCUT2D eigenvalue weighted by molar-refractivity contribution is 0.332. The van der Waals surface area contributed by atoms with Gasteiger partial charge < -0.3 is 14.6 Å². The predicted molar refractivity (Wildman–Crippen MR) is 301 cm³/mol. The zero-order valence-corrected chi connectivity index (χ0v) is 42.8. The molecule has 1 aromatic heterocycles. The molecule has 9 aromatic rings.